The number of rotatable bonds is 6. The number of carbonyl (C=O) groups is 1. The van der Waals surface area contributed by atoms with E-state index < -0.39 is 11.6 Å². The molecule has 0 saturated carbocycles. The Bertz CT molecular complexity index is 1270. The molecule has 1 aromatic heterocycles. The molecule has 0 aliphatic carbocycles. The van der Waals surface area contributed by atoms with Gasteiger partial charge in [0.15, 0.2) is 5.82 Å². The molecule has 0 spiro atoms. The van der Waals surface area contributed by atoms with Gasteiger partial charge in [-0.05, 0) is 57.5 Å². The Hall–Kier alpha value is -3.29. The minimum absolute atomic E-state index is 0.0985. The fourth-order valence-electron chi connectivity index (χ4n) is 3.94. The van der Waals surface area contributed by atoms with E-state index in [9.17, 15) is 9.90 Å². The SMILES string of the molecule is CCNC(=O)C[C@@H]1N=C(c2ccc(Cl)cc2)c2cc(/C=C/C(C)(C)O)ccc2-n2c(C)nnc21. The van der Waals surface area contributed by atoms with Crippen LogP contribution in [0, 0.1) is 6.92 Å². The van der Waals surface area contributed by atoms with Crippen LogP contribution in [0.1, 0.15) is 61.6 Å². The largest absolute Gasteiger partial charge is 0.386 e. The smallest absolute Gasteiger partial charge is 0.222 e. The average molecular weight is 478 g/mol. The van der Waals surface area contributed by atoms with Crippen LogP contribution in [0.2, 0.25) is 5.02 Å². The van der Waals surface area contributed by atoms with Crippen LogP contribution in [0.4, 0.5) is 0 Å². The Morgan fingerprint density at radius 2 is 1.94 bits per heavy atom. The number of fused-ring (bicyclic) bond motifs is 3. The van der Waals surface area contributed by atoms with Gasteiger partial charge in [-0.2, -0.15) is 0 Å². The first kappa shape index (κ1) is 23.9. The molecule has 2 aromatic carbocycles. The molecule has 0 bridgehead atoms. The van der Waals surface area contributed by atoms with Gasteiger partial charge in [-0.3, -0.25) is 14.4 Å². The summed E-state index contributed by atoms with van der Waals surface area (Å²) in [6.07, 6.45) is 3.79. The van der Waals surface area contributed by atoms with Gasteiger partial charge < -0.3 is 10.4 Å². The van der Waals surface area contributed by atoms with Crippen molar-refractivity contribution in [3.63, 3.8) is 0 Å². The van der Waals surface area contributed by atoms with Crippen LogP contribution in [-0.4, -0.2) is 43.6 Å². The lowest BCUT2D eigenvalue weighted by Crippen LogP contribution is -2.25. The van der Waals surface area contributed by atoms with Crippen molar-refractivity contribution in [2.45, 2.75) is 45.8 Å². The summed E-state index contributed by atoms with van der Waals surface area (Å²) < 4.78 is 1.97. The first-order valence-electron chi connectivity index (χ1n) is 11.2. The van der Waals surface area contributed by atoms with Crippen LogP contribution in [-0.2, 0) is 4.79 Å². The number of aromatic nitrogens is 3. The molecule has 0 fully saturated rings. The second-order valence-electron chi connectivity index (χ2n) is 8.86. The van der Waals surface area contributed by atoms with Crippen molar-refractivity contribution >= 4 is 29.3 Å². The third-order valence-corrected chi connectivity index (χ3v) is 5.76. The van der Waals surface area contributed by atoms with Crippen molar-refractivity contribution in [1.82, 2.24) is 20.1 Å². The highest BCUT2D eigenvalue weighted by molar-refractivity contribution is 6.30. The number of aliphatic hydroxyl groups is 1. The second-order valence-corrected chi connectivity index (χ2v) is 9.30. The monoisotopic (exact) mass is 477 g/mol. The summed E-state index contributed by atoms with van der Waals surface area (Å²) in [5.74, 6) is 1.23. The molecule has 0 radical (unpaired) electrons. The number of halogens is 1. The molecule has 4 rings (SSSR count). The molecular weight excluding hydrogens is 450 g/mol. The molecule has 1 aliphatic rings. The number of aryl methyl sites for hydroxylation is 1. The Balaban J connectivity index is 1.94. The summed E-state index contributed by atoms with van der Waals surface area (Å²) in [4.78, 5) is 17.6. The van der Waals surface area contributed by atoms with Gasteiger partial charge in [0.25, 0.3) is 0 Å². The second kappa shape index (κ2) is 9.52. The summed E-state index contributed by atoms with van der Waals surface area (Å²) in [6, 6.07) is 13.0. The fourth-order valence-corrected chi connectivity index (χ4v) is 4.06. The van der Waals surface area contributed by atoms with E-state index in [2.05, 4.69) is 15.5 Å². The predicted molar refractivity (Wildman–Crippen MR) is 135 cm³/mol. The molecule has 0 saturated heterocycles. The Labute approximate surface area is 204 Å². The van der Waals surface area contributed by atoms with E-state index in [1.54, 1.807) is 19.9 Å². The highest BCUT2D eigenvalue weighted by Gasteiger charge is 2.29. The van der Waals surface area contributed by atoms with E-state index in [0.29, 0.717) is 23.2 Å². The molecule has 1 atom stereocenters. The molecular formula is C26H28ClN5O2. The molecule has 2 N–H and O–H groups in total. The third-order valence-electron chi connectivity index (χ3n) is 5.50. The van der Waals surface area contributed by atoms with Crippen LogP contribution in [0.3, 0.4) is 0 Å². The highest BCUT2D eigenvalue weighted by Crippen LogP contribution is 2.33. The van der Waals surface area contributed by atoms with Crippen molar-refractivity contribution in [2.24, 2.45) is 4.99 Å². The summed E-state index contributed by atoms with van der Waals surface area (Å²) in [5.41, 5.74) is 3.36. The van der Waals surface area contributed by atoms with Crippen LogP contribution in [0.5, 0.6) is 0 Å². The van der Waals surface area contributed by atoms with Gasteiger partial charge in [-0.1, -0.05) is 42.0 Å². The zero-order valence-corrected chi connectivity index (χ0v) is 20.5. The maximum Gasteiger partial charge on any atom is 0.222 e. The maximum atomic E-state index is 12.5. The van der Waals surface area contributed by atoms with E-state index in [-0.39, 0.29) is 12.3 Å². The maximum absolute atomic E-state index is 12.5. The van der Waals surface area contributed by atoms with Crippen LogP contribution in [0.25, 0.3) is 11.8 Å². The normalized spacial score (nSPS) is 15.5. The van der Waals surface area contributed by atoms with Crippen molar-refractivity contribution in [3.05, 3.63) is 81.9 Å². The minimum Gasteiger partial charge on any atom is -0.386 e. The van der Waals surface area contributed by atoms with Crippen LogP contribution >= 0.6 is 11.6 Å². The number of nitrogens with one attached hydrogen (secondary N) is 1. The van der Waals surface area contributed by atoms with Crippen LogP contribution < -0.4 is 5.32 Å². The number of hydrogen-bond donors (Lipinski definition) is 2. The lowest BCUT2D eigenvalue weighted by molar-refractivity contribution is -0.121. The van der Waals surface area contributed by atoms with E-state index in [4.69, 9.17) is 16.6 Å². The number of benzene rings is 2. The molecule has 176 valence electrons. The van der Waals surface area contributed by atoms with Gasteiger partial charge in [0.05, 0.1) is 23.4 Å². The summed E-state index contributed by atoms with van der Waals surface area (Å²) in [6.45, 7) is 7.78. The first-order chi connectivity index (χ1) is 16.2. The van der Waals surface area contributed by atoms with Gasteiger partial charge in [-0.25, -0.2) is 0 Å². The number of hydrogen-bond acceptors (Lipinski definition) is 5. The van der Waals surface area contributed by atoms with Gasteiger partial charge in [0.2, 0.25) is 5.91 Å². The fraction of sp³-hybridized carbons (Fsp3) is 0.308. The van der Waals surface area contributed by atoms with Gasteiger partial charge in [-0.15, -0.1) is 10.2 Å². The van der Waals surface area contributed by atoms with Crippen LogP contribution in [0.15, 0.2) is 53.5 Å². The summed E-state index contributed by atoms with van der Waals surface area (Å²) in [5, 5.41) is 22.3. The number of aliphatic imine (C=N–C) groups is 1. The molecule has 7 nitrogen and oxygen atoms in total. The minimum atomic E-state index is -0.935. The number of carbonyl (C=O) groups excluding carboxylic acids is 1. The molecule has 2 heterocycles. The molecule has 8 heteroatoms. The quantitative estimate of drug-likeness (QED) is 0.549. The summed E-state index contributed by atoms with van der Waals surface area (Å²) in [7, 11) is 0. The highest BCUT2D eigenvalue weighted by atomic mass is 35.5. The van der Waals surface area contributed by atoms with Crippen molar-refractivity contribution < 1.29 is 9.90 Å². The van der Waals surface area contributed by atoms with Gasteiger partial charge >= 0.3 is 0 Å². The molecule has 1 amide bonds. The topological polar surface area (TPSA) is 92.4 Å². The van der Waals surface area contributed by atoms with Crippen molar-refractivity contribution in [3.8, 4) is 5.69 Å². The lowest BCUT2D eigenvalue weighted by Gasteiger charge is -2.14. The standard InChI is InChI=1S/C26H28ClN5O2/c1-5-28-23(33)15-21-25-31-30-16(2)32(25)22-11-6-17(12-13-26(3,4)34)14-20(22)24(29-21)18-7-9-19(27)10-8-18/h6-14,21,34H,5,15H2,1-4H3,(H,28,33)/b13-12+/t21-/m0/s1. The summed E-state index contributed by atoms with van der Waals surface area (Å²) >= 11 is 6.15. The predicted octanol–water partition coefficient (Wildman–Crippen LogP) is 4.43. The van der Waals surface area contributed by atoms with Gasteiger partial charge in [0.1, 0.15) is 11.9 Å². The van der Waals surface area contributed by atoms with Gasteiger partial charge in [0, 0.05) is 22.7 Å². The molecule has 1 aliphatic heterocycles. The van der Waals surface area contributed by atoms with Crippen molar-refractivity contribution in [1.29, 1.82) is 0 Å². The molecule has 3 aromatic rings. The van der Waals surface area contributed by atoms with E-state index in [1.165, 1.54) is 0 Å². The Kier molecular flexibility index (Phi) is 6.68. The van der Waals surface area contributed by atoms with E-state index in [0.717, 1.165) is 28.1 Å². The zero-order chi connectivity index (χ0) is 24.5. The zero-order valence-electron chi connectivity index (χ0n) is 19.7. The Morgan fingerprint density at radius 1 is 1.21 bits per heavy atom. The first-order valence-corrected chi connectivity index (χ1v) is 11.6. The Morgan fingerprint density at radius 3 is 2.62 bits per heavy atom. The average Bonchev–Trinajstić information content (AvgIpc) is 3.10. The molecule has 0 unspecified atom stereocenters. The van der Waals surface area contributed by atoms with E-state index in [1.807, 2.05) is 67.0 Å². The van der Waals surface area contributed by atoms with E-state index >= 15 is 0 Å². The number of nitrogens with zero attached hydrogens (tertiary/aromatic N) is 4. The third kappa shape index (κ3) is 5.11. The molecule has 34 heavy (non-hydrogen) atoms. The van der Waals surface area contributed by atoms with Crippen molar-refractivity contribution in [2.75, 3.05) is 6.54 Å². The lowest BCUT2D eigenvalue weighted by atomic mass is 9.97. The number of amides is 1.